The molecule has 2 aromatic carbocycles. The van der Waals surface area contributed by atoms with Crippen LogP contribution in [-0.2, 0) is 6.42 Å². The predicted octanol–water partition coefficient (Wildman–Crippen LogP) is 3.37. The van der Waals surface area contributed by atoms with Crippen molar-refractivity contribution in [3.63, 3.8) is 0 Å². The van der Waals surface area contributed by atoms with Gasteiger partial charge in [-0.05, 0) is 48.7 Å². The molecule has 4 heteroatoms. The van der Waals surface area contributed by atoms with Gasteiger partial charge < -0.3 is 10.0 Å². The molecule has 3 rings (SSSR count). The fourth-order valence-corrected chi connectivity index (χ4v) is 2.94. The molecule has 1 aliphatic heterocycles. The van der Waals surface area contributed by atoms with E-state index in [2.05, 4.69) is 13.0 Å². The molecule has 0 bridgehead atoms. The monoisotopic (exact) mass is 289 g/mol. The van der Waals surface area contributed by atoms with Crippen molar-refractivity contribution in [1.29, 1.82) is 0 Å². The molecule has 0 amide bonds. The first-order chi connectivity index (χ1) is 10.1. The molecule has 21 heavy (non-hydrogen) atoms. The fraction of sp³-hybridized carbons (Fsp3) is 0.294. The number of aliphatic hydroxyl groups is 1. The summed E-state index contributed by atoms with van der Waals surface area (Å²) in [6.07, 6.45) is -0.132. The Morgan fingerprint density at radius 2 is 2.05 bits per heavy atom. The molecule has 1 atom stereocenters. The number of aliphatic hydroxyl groups excluding tert-OH is 1. The minimum Gasteiger partial charge on any atom is -0.386 e. The van der Waals surface area contributed by atoms with Crippen molar-refractivity contribution >= 4 is 5.69 Å². The minimum atomic E-state index is -1.05. The molecule has 0 saturated heterocycles. The minimum absolute atomic E-state index is 0.0103. The van der Waals surface area contributed by atoms with E-state index in [9.17, 15) is 13.9 Å². The van der Waals surface area contributed by atoms with Gasteiger partial charge in [0.1, 0.15) is 11.6 Å². The zero-order valence-electron chi connectivity index (χ0n) is 11.8. The number of β-amino-alcohol motifs (C(OH)–C–C–N with tert-alkyl or cyclic N) is 1. The lowest BCUT2D eigenvalue weighted by molar-refractivity contribution is 0.178. The fourth-order valence-electron chi connectivity index (χ4n) is 2.94. The van der Waals surface area contributed by atoms with Gasteiger partial charge in [-0.3, -0.25) is 0 Å². The van der Waals surface area contributed by atoms with Gasteiger partial charge >= 0.3 is 0 Å². The van der Waals surface area contributed by atoms with E-state index < -0.39 is 17.7 Å². The van der Waals surface area contributed by atoms with E-state index in [1.807, 2.05) is 17.0 Å². The van der Waals surface area contributed by atoms with Crippen molar-refractivity contribution in [3.8, 4) is 0 Å². The summed E-state index contributed by atoms with van der Waals surface area (Å²) in [5.41, 5.74) is 3.58. The highest BCUT2D eigenvalue weighted by molar-refractivity contribution is 5.60. The Labute approximate surface area is 122 Å². The summed E-state index contributed by atoms with van der Waals surface area (Å²) in [7, 11) is 0. The van der Waals surface area contributed by atoms with Gasteiger partial charge in [-0.15, -0.1) is 0 Å². The van der Waals surface area contributed by atoms with Gasteiger partial charge in [-0.1, -0.05) is 12.1 Å². The van der Waals surface area contributed by atoms with Crippen LogP contribution in [0, 0.1) is 18.6 Å². The third kappa shape index (κ3) is 2.63. The van der Waals surface area contributed by atoms with Gasteiger partial charge in [-0.25, -0.2) is 8.78 Å². The maximum atomic E-state index is 13.7. The van der Waals surface area contributed by atoms with Crippen molar-refractivity contribution in [2.24, 2.45) is 0 Å². The van der Waals surface area contributed by atoms with Crippen LogP contribution in [0.25, 0.3) is 0 Å². The zero-order valence-corrected chi connectivity index (χ0v) is 11.8. The quantitative estimate of drug-likeness (QED) is 0.936. The van der Waals surface area contributed by atoms with Crippen LogP contribution in [0.1, 0.15) is 22.8 Å². The molecule has 1 unspecified atom stereocenters. The largest absolute Gasteiger partial charge is 0.386 e. The Morgan fingerprint density at radius 1 is 1.24 bits per heavy atom. The van der Waals surface area contributed by atoms with Crippen molar-refractivity contribution in [1.82, 2.24) is 0 Å². The van der Waals surface area contributed by atoms with Gasteiger partial charge in [0, 0.05) is 24.3 Å². The number of aryl methyl sites for hydroxylation is 1. The number of halogens is 2. The van der Waals surface area contributed by atoms with E-state index >= 15 is 0 Å². The smallest absolute Gasteiger partial charge is 0.129 e. The maximum Gasteiger partial charge on any atom is 0.129 e. The number of anilines is 1. The first-order valence-corrected chi connectivity index (χ1v) is 7.02. The van der Waals surface area contributed by atoms with E-state index in [0.29, 0.717) is 0 Å². The van der Waals surface area contributed by atoms with Crippen LogP contribution in [0.2, 0.25) is 0 Å². The molecule has 1 aliphatic rings. The molecule has 0 radical (unpaired) electrons. The number of hydrogen-bond acceptors (Lipinski definition) is 2. The number of hydrogen-bond donors (Lipinski definition) is 1. The molecule has 0 aromatic heterocycles. The number of rotatable bonds is 3. The van der Waals surface area contributed by atoms with Crippen LogP contribution in [0.4, 0.5) is 14.5 Å². The third-order valence-electron chi connectivity index (χ3n) is 4.07. The molecule has 0 spiro atoms. The Hall–Kier alpha value is -1.94. The predicted molar refractivity (Wildman–Crippen MR) is 78.4 cm³/mol. The summed E-state index contributed by atoms with van der Waals surface area (Å²) >= 11 is 0. The van der Waals surface area contributed by atoms with Gasteiger partial charge in [-0.2, -0.15) is 0 Å². The van der Waals surface area contributed by atoms with Gasteiger partial charge in [0.05, 0.1) is 6.10 Å². The Bertz CT molecular complexity index is 672. The molecule has 2 nitrogen and oxygen atoms in total. The lowest BCUT2D eigenvalue weighted by Gasteiger charge is -2.23. The second-order valence-corrected chi connectivity index (χ2v) is 5.45. The van der Waals surface area contributed by atoms with Crippen molar-refractivity contribution in [2.45, 2.75) is 19.4 Å². The van der Waals surface area contributed by atoms with Crippen molar-refractivity contribution in [3.05, 3.63) is 64.7 Å². The SMILES string of the molecule is Cc1cccc2c1CCN2CC(O)c1cc(F)ccc1F. The number of fused-ring (bicyclic) bond motifs is 1. The van der Waals surface area contributed by atoms with Crippen molar-refractivity contribution in [2.75, 3.05) is 18.0 Å². The van der Waals surface area contributed by atoms with Crippen LogP contribution in [-0.4, -0.2) is 18.2 Å². The molecule has 0 saturated carbocycles. The van der Waals surface area contributed by atoms with E-state index in [1.165, 1.54) is 11.1 Å². The molecular formula is C17H17F2NO. The number of nitrogens with zero attached hydrogens (tertiary/aromatic N) is 1. The lowest BCUT2D eigenvalue weighted by Crippen LogP contribution is -2.27. The van der Waals surface area contributed by atoms with Crippen LogP contribution in [0.3, 0.4) is 0 Å². The van der Waals surface area contributed by atoms with E-state index in [0.717, 1.165) is 36.9 Å². The summed E-state index contributed by atoms with van der Waals surface area (Å²) in [6.45, 7) is 3.11. The van der Waals surface area contributed by atoms with E-state index in [4.69, 9.17) is 0 Å². The van der Waals surface area contributed by atoms with Crippen LogP contribution in [0.5, 0.6) is 0 Å². The van der Waals surface area contributed by atoms with E-state index in [1.54, 1.807) is 0 Å². The van der Waals surface area contributed by atoms with Gasteiger partial charge in [0.15, 0.2) is 0 Å². The van der Waals surface area contributed by atoms with Crippen LogP contribution >= 0.6 is 0 Å². The summed E-state index contributed by atoms with van der Waals surface area (Å²) < 4.78 is 26.9. The highest BCUT2D eigenvalue weighted by atomic mass is 19.1. The second-order valence-electron chi connectivity index (χ2n) is 5.45. The Morgan fingerprint density at radius 3 is 2.86 bits per heavy atom. The summed E-state index contributed by atoms with van der Waals surface area (Å²) in [6, 6.07) is 9.21. The highest BCUT2D eigenvalue weighted by Gasteiger charge is 2.24. The number of benzene rings is 2. The highest BCUT2D eigenvalue weighted by Crippen LogP contribution is 2.32. The Kier molecular flexibility index (Phi) is 3.64. The van der Waals surface area contributed by atoms with Crippen LogP contribution < -0.4 is 4.90 Å². The first kappa shape index (κ1) is 14.0. The normalized spacial score (nSPS) is 15.1. The van der Waals surface area contributed by atoms with Crippen molar-refractivity contribution < 1.29 is 13.9 Å². The maximum absolute atomic E-state index is 13.7. The molecule has 0 aliphatic carbocycles. The van der Waals surface area contributed by atoms with E-state index in [-0.39, 0.29) is 12.1 Å². The first-order valence-electron chi connectivity index (χ1n) is 7.02. The summed E-state index contributed by atoms with van der Waals surface area (Å²) in [5, 5.41) is 10.2. The average molecular weight is 289 g/mol. The summed E-state index contributed by atoms with van der Waals surface area (Å²) in [5.74, 6) is -1.12. The van der Waals surface area contributed by atoms with Gasteiger partial charge in [0.2, 0.25) is 0 Å². The summed E-state index contributed by atoms with van der Waals surface area (Å²) in [4.78, 5) is 2.03. The lowest BCUT2D eigenvalue weighted by atomic mass is 10.1. The second kappa shape index (κ2) is 5.45. The van der Waals surface area contributed by atoms with Gasteiger partial charge in [0.25, 0.3) is 0 Å². The molecular weight excluding hydrogens is 272 g/mol. The molecule has 1 N–H and O–H groups in total. The molecule has 0 fully saturated rings. The molecule has 110 valence electrons. The standard InChI is InChI=1S/C17H17F2NO/c1-11-3-2-4-16-13(11)7-8-20(16)10-17(21)14-9-12(18)5-6-15(14)19/h2-6,9,17,21H,7-8,10H2,1H3. The molecule has 1 heterocycles. The third-order valence-corrected chi connectivity index (χ3v) is 4.07. The van der Waals surface area contributed by atoms with Crippen LogP contribution in [0.15, 0.2) is 36.4 Å². The average Bonchev–Trinajstić information content (AvgIpc) is 2.86. The molecule has 2 aromatic rings. The zero-order chi connectivity index (χ0) is 15.0. The Balaban J connectivity index is 1.83. The topological polar surface area (TPSA) is 23.5 Å².